The molecule has 16 heteroatoms. The van der Waals surface area contributed by atoms with Crippen molar-refractivity contribution < 1.29 is 50.4 Å². The number of hydrogen-bond donors (Lipinski definition) is 1. The molecule has 1 aliphatic heterocycles. The van der Waals surface area contributed by atoms with Crippen LogP contribution in [0.4, 0.5) is 0 Å². The van der Waals surface area contributed by atoms with E-state index in [2.05, 4.69) is 26.1 Å². The van der Waals surface area contributed by atoms with Crippen molar-refractivity contribution in [2.24, 2.45) is 0 Å². The Kier molecular flexibility index (Phi) is 38.8. The molecule has 1 N–H and O–H groups in total. The summed E-state index contributed by atoms with van der Waals surface area (Å²) in [5, 5.41) is 9.83. The molecule has 2 unspecified atom stereocenters. The third-order valence-electron chi connectivity index (χ3n) is 3.57. The molecule has 0 radical (unpaired) electrons. The Hall–Kier alpha value is 0.696. The summed E-state index contributed by atoms with van der Waals surface area (Å²) < 4.78 is 39.5. The van der Waals surface area contributed by atoms with Gasteiger partial charge in [-0.05, 0) is 85.8 Å². The average Bonchev–Trinajstić information content (AvgIpc) is 3.64. The van der Waals surface area contributed by atoms with Crippen LogP contribution in [0, 0.1) is 7.43 Å². The van der Waals surface area contributed by atoms with Gasteiger partial charge in [0.2, 0.25) is 9.23 Å². The quantitative estimate of drug-likeness (QED) is 0.131. The van der Waals surface area contributed by atoms with Crippen molar-refractivity contribution in [3.05, 3.63) is 71.0 Å². The number of alkyl halides is 1. The van der Waals surface area contributed by atoms with Crippen LogP contribution in [-0.4, -0.2) is 52.7 Å². The number of halogens is 7. The average molecular weight is 786 g/mol. The van der Waals surface area contributed by atoms with Crippen LogP contribution in [0.25, 0.3) is 0 Å². The first kappa shape index (κ1) is 47.6. The molecule has 1 saturated heterocycles. The van der Waals surface area contributed by atoms with E-state index in [9.17, 15) is 0 Å². The van der Waals surface area contributed by atoms with Gasteiger partial charge < -0.3 is 52.2 Å². The van der Waals surface area contributed by atoms with Crippen molar-refractivity contribution in [2.45, 2.75) is 52.0 Å². The van der Waals surface area contributed by atoms with Gasteiger partial charge in [0.05, 0.1) is 12.5 Å². The van der Waals surface area contributed by atoms with E-state index in [-0.39, 0.29) is 52.8 Å². The van der Waals surface area contributed by atoms with Crippen molar-refractivity contribution in [1.29, 1.82) is 0 Å². The third kappa shape index (κ3) is 30.2. The molecule has 7 nitrogen and oxygen atoms in total. The minimum Gasteiger partial charge on any atom is -1.00 e. The van der Waals surface area contributed by atoms with Crippen molar-refractivity contribution in [3.63, 3.8) is 0 Å². The Balaban J connectivity index is -0.000000129. The predicted molar refractivity (Wildman–Crippen MR) is 166 cm³/mol. The Bertz CT molecular complexity index is 920. The largest absolute Gasteiger partial charge is 2.00 e. The van der Waals surface area contributed by atoms with Crippen LogP contribution < -0.4 is 21.7 Å². The molecule has 40 heavy (non-hydrogen) atoms. The molecule has 3 aromatic rings. The Morgan fingerprint density at radius 1 is 0.925 bits per heavy atom. The number of furan rings is 3. The van der Waals surface area contributed by atoms with Crippen molar-refractivity contribution >= 4 is 100 Å². The van der Waals surface area contributed by atoms with Gasteiger partial charge in [-0.3, -0.25) is 0 Å². The fraction of sp³-hybridized carbons (Fsp3) is 0.458. The summed E-state index contributed by atoms with van der Waals surface area (Å²) in [5.74, 6) is 1.65. The summed E-state index contributed by atoms with van der Waals surface area (Å²) in [5.41, 5.74) is 0. The van der Waals surface area contributed by atoms with Gasteiger partial charge in [-0.15, -0.1) is 11.6 Å². The molecule has 0 aromatic carbocycles. The molecule has 0 saturated carbocycles. The van der Waals surface area contributed by atoms with Gasteiger partial charge >= 0.3 is 23.1 Å². The van der Waals surface area contributed by atoms with E-state index in [1.165, 1.54) is 20.0 Å². The molecular formula is C24H35BrCl6MgO7S. The summed E-state index contributed by atoms with van der Waals surface area (Å²) in [4.78, 5) is 0. The van der Waals surface area contributed by atoms with Crippen LogP contribution in [-0.2, 0) is 14.0 Å². The van der Waals surface area contributed by atoms with Gasteiger partial charge in [0.1, 0.15) is 17.6 Å². The van der Waals surface area contributed by atoms with E-state index in [1.54, 1.807) is 50.2 Å². The van der Waals surface area contributed by atoms with E-state index < -0.39 is 15.3 Å². The van der Waals surface area contributed by atoms with Gasteiger partial charge in [0.15, 0.2) is 15.7 Å². The molecule has 0 aliphatic carbocycles. The van der Waals surface area contributed by atoms with Crippen LogP contribution in [0.5, 0.6) is 5.95 Å². The summed E-state index contributed by atoms with van der Waals surface area (Å²) in [7, 11) is 8.88. The van der Waals surface area contributed by atoms with Crippen molar-refractivity contribution in [3.8, 4) is 5.95 Å². The molecule has 4 rings (SSSR count). The van der Waals surface area contributed by atoms with Crippen molar-refractivity contribution in [1.82, 2.24) is 0 Å². The molecule has 2 atom stereocenters. The van der Waals surface area contributed by atoms with Gasteiger partial charge in [0, 0.05) is 48.1 Å². The van der Waals surface area contributed by atoms with E-state index in [0.717, 1.165) is 13.2 Å². The van der Waals surface area contributed by atoms with Gasteiger partial charge in [-0.25, -0.2) is 4.21 Å². The predicted octanol–water partition coefficient (Wildman–Crippen LogP) is 7.10. The van der Waals surface area contributed by atoms with Crippen LogP contribution in [0.3, 0.4) is 0 Å². The number of aliphatic hydroxyl groups is 1. The first-order chi connectivity index (χ1) is 17.9. The molecule has 0 bridgehead atoms. The zero-order chi connectivity index (χ0) is 29.5. The number of ether oxygens (including phenoxy) is 2. The zero-order valence-corrected chi connectivity index (χ0v) is 31.2. The van der Waals surface area contributed by atoms with Crippen LogP contribution in [0.1, 0.15) is 64.9 Å². The maximum atomic E-state index is 9.09. The molecule has 0 spiro atoms. The van der Waals surface area contributed by atoms with E-state index in [1.807, 2.05) is 6.92 Å². The van der Waals surface area contributed by atoms with Crippen LogP contribution in [0.15, 0.2) is 49.6 Å². The first-order valence-electron chi connectivity index (χ1n) is 11.3. The minimum atomic E-state index is -1.67. The van der Waals surface area contributed by atoms with Crippen LogP contribution >= 0.6 is 67.8 Å². The molecule has 0 amide bonds. The Morgan fingerprint density at radius 2 is 1.30 bits per heavy atom. The molecule has 3 aromatic heterocycles. The standard InChI is InChI=1S/C6H6Cl2O.C6H7ClO2.C5H5ClO2.C4H8O.C2H6.CH3.BrH.Cl2OS.Mg/c1-4(7)5-2-3-6(8)9-5;1-4(8)5-2-3-6(7)9-5;1-7-5-3-2-4(6)8-5;1-2-4-5-3-1;1-2;;;1-4(2)3;/h2-4H,1H3;2-4,8H,1H3;2-3H,1H3;1-4H2;1-2H3;1H3;1H;;/q;;;;;-1;;;+2/p-1/i;;;;1D;;;;. The maximum absolute atomic E-state index is 9.09. The maximum Gasteiger partial charge on any atom is 2.00 e. The second-order valence-corrected chi connectivity index (χ2v) is 10.6. The number of rotatable bonds is 3. The number of methoxy groups -OCH3 is 1. The summed E-state index contributed by atoms with van der Waals surface area (Å²) >= 11 is 22.0. The molecule has 230 valence electrons. The monoisotopic (exact) mass is 781 g/mol. The fourth-order valence-corrected chi connectivity index (χ4v) is 2.57. The molecule has 4 heterocycles. The SMILES string of the molecule is C1CCOC1.CC(Cl)c1ccc(Cl)o1.CC(O)c1ccc(Cl)o1.COc1ccc(Cl)o1.O=S(Cl)Cl.[2H]CC.[Br-].[CH3-].[Mg+2]. The first-order valence-corrected chi connectivity index (χ1v) is 15.0. The third-order valence-corrected chi connectivity index (χ3v) is 4.39. The van der Waals surface area contributed by atoms with Gasteiger partial charge in [0.25, 0.3) is 5.95 Å². The zero-order valence-electron chi connectivity index (χ0n) is 23.8. The fourth-order valence-electron chi connectivity index (χ4n) is 2.01. The van der Waals surface area contributed by atoms with Gasteiger partial charge in [-0.2, -0.15) is 0 Å². The minimum absolute atomic E-state index is 0. The number of aliphatic hydroxyl groups excluding tert-OH is 1. The molecular weight excluding hydrogens is 749 g/mol. The smallest absolute Gasteiger partial charge is 1.00 e. The topological polar surface area (TPSA) is 95.2 Å². The van der Waals surface area contributed by atoms with E-state index in [4.69, 9.17) is 75.1 Å². The summed E-state index contributed by atoms with van der Waals surface area (Å²) in [6.45, 7) is 7.74. The molecule has 1 fully saturated rings. The summed E-state index contributed by atoms with van der Waals surface area (Å²) in [6, 6.07) is 9.97. The van der Waals surface area contributed by atoms with Crippen molar-refractivity contribution in [2.75, 3.05) is 20.3 Å². The molecule has 1 aliphatic rings. The van der Waals surface area contributed by atoms with Crippen LogP contribution in [0.2, 0.25) is 15.7 Å². The Morgan fingerprint density at radius 3 is 1.45 bits per heavy atom. The van der Waals surface area contributed by atoms with Gasteiger partial charge in [-0.1, -0.05) is 13.8 Å². The second kappa shape index (κ2) is 32.6. The normalized spacial score (nSPS) is 12.3. The summed E-state index contributed by atoms with van der Waals surface area (Å²) in [6.07, 6.45) is 1.98. The van der Waals surface area contributed by atoms with E-state index >= 15 is 0 Å². The number of hydrogen-bond acceptors (Lipinski definition) is 7. The van der Waals surface area contributed by atoms with E-state index in [0.29, 0.717) is 40.0 Å². The Labute approximate surface area is 297 Å². The second-order valence-electron chi connectivity index (χ2n) is 6.34.